The Morgan fingerprint density at radius 1 is 1.62 bits per heavy atom. The Bertz CT molecular complexity index is 325. The molecule has 1 aromatic rings. The summed E-state index contributed by atoms with van der Waals surface area (Å²) in [5, 5.41) is 10.5. The molecule has 0 heterocycles. The van der Waals surface area contributed by atoms with Crippen LogP contribution < -0.4 is 11.3 Å². The SMILES string of the molecule is CCc1ccc([N+](=O)[O-])c(NN)c1. The molecule has 0 atom stereocenters. The second-order valence-corrected chi connectivity index (χ2v) is 2.61. The van der Waals surface area contributed by atoms with Crippen LogP contribution in [0, 0.1) is 10.1 Å². The molecule has 70 valence electrons. The number of nitrogens with zero attached hydrogens (tertiary/aromatic N) is 1. The predicted molar refractivity (Wildman–Crippen MR) is 50.3 cm³/mol. The summed E-state index contributed by atoms with van der Waals surface area (Å²) in [7, 11) is 0. The van der Waals surface area contributed by atoms with Crippen molar-refractivity contribution >= 4 is 11.4 Å². The average Bonchev–Trinajstić information content (AvgIpc) is 2.16. The molecule has 0 amide bonds. The normalized spacial score (nSPS) is 9.69. The summed E-state index contributed by atoms with van der Waals surface area (Å²) in [6.07, 6.45) is 0.826. The van der Waals surface area contributed by atoms with Crippen LogP contribution in [0.3, 0.4) is 0 Å². The minimum absolute atomic E-state index is 0.000278. The molecule has 0 saturated carbocycles. The lowest BCUT2D eigenvalue weighted by atomic mass is 10.1. The van der Waals surface area contributed by atoms with Gasteiger partial charge in [-0.05, 0) is 18.1 Å². The van der Waals surface area contributed by atoms with E-state index in [1.54, 1.807) is 12.1 Å². The molecule has 0 radical (unpaired) electrons. The lowest BCUT2D eigenvalue weighted by Gasteiger charge is -2.03. The number of nitro benzene ring substituents is 1. The summed E-state index contributed by atoms with van der Waals surface area (Å²) < 4.78 is 0. The van der Waals surface area contributed by atoms with Crippen LogP contribution in [0.15, 0.2) is 18.2 Å². The Hall–Kier alpha value is -1.62. The van der Waals surface area contributed by atoms with E-state index >= 15 is 0 Å². The van der Waals surface area contributed by atoms with E-state index in [2.05, 4.69) is 5.43 Å². The second-order valence-electron chi connectivity index (χ2n) is 2.61. The van der Waals surface area contributed by atoms with E-state index in [0.717, 1.165) is 12.0 Å². The zero-order valence-corrected chi connectivity index (χ0v) is 7.28. The molecule has 0 spiro atoms. The van der Waals surface area contributed by atoms with Crippen molar-refractivity contribution in [2.75, 3.05) is 5.43 Å². The van der Waals surface area contributed by atoms with Gasteiger partial charge in [0.15, 0.2) is 0 Å². The van der Waals surface area contributed by atoms with E-state index < -0.39 is 4.92 Å². The Balaban J connectivity index is 3.15. The van der Waals surface area contributed by atoms with Crippen molar-refractivity contribution in [1.82, 2.24) is 0 Å². The van der Waals surface area contributed by atoms with Gasteiger partial charge < -0.3 is 5.43 Å². The summed E-state index contributed by atoms with van der Waals surface area (Å²) in [5.41, 5.74) is 3.67. The first-order valence-corrected chi connectivity index (χ1v) is 3.93. The average molecular weight is 181 g/mol. The zero-order chi connectivity index (χ0) is 9.84. The molecule has 0 aliphatic rings. The van der Waals surface area contributed by atoms with Gasteiger partial charge in [0, 0.05) is 6.07 Å². The number of anilines is 1. The Labute approximate surface area is 75.7 Å². The van der Waals surface area contributed by atoms with E-state index in [1.165, 1.54) is 6.07 Å². The number of benzene rings is 1. The topological polar surface area (TPSA) is 81.2 Å². The maximum Gasteiger partial charge on any atom is 0.293 e. The largest absolute Gasteiger partial charge is 0.318 e. The van der Waals surface area contributed by atoms with Crippen LogP contribution in [0.1, 0.15) is 12.5 Å². The Morgan fingerprint density at radius 3 is 2.77 bits per heavy atom. The van der Waals surface area contributed by atoms with Crippen molar-refractivity contribution in [3.63, 3.8) is 0 Å². The first-order chi connectivity index (χ1) is 6.19. The summed E-state index contributed by atoms with van der Waals surface area (Å²) in [6, 6.07) is 4.85. The van der Waals surface area contributed by atoms with Crippen LogP contribution in [0.4, 0.5) is 11.4 Å². The van der Waals surface area contributed by atoms with Crippen LogP contribution in [0.25, 0.3) is 0 Å². The van der Waals surface area contributed by atoms with E-state index in [1.807, 2.05) is 6.92 Å². The summed E-state index contributed by atoms with van der Waals surface area (Å²) in [5.74, 6) is 5.16. The Kier molecular flexibility index (Phi) is 2.81. The van der Waals surface area contributed by atoms with Crippen LogP contribution >= 0.6 is 0 Å². The third-order valence-corrected chi connectivity index (χ3v) is 1.82. The standard InChI is InChI=1S/C8H11N3O2/c1-2-6-3-4-8(11(12)13)7(5-6)10-9/h3-5,10H,2,9H2,1H3. The van der Waals surface area contributed by atoms with Gasteiger partial charge in [-0.1, -0.05) is 13.0 Å². The Morgan fingerprint density at radius 2 is 2.31 bits per heavy atom. The summed E-state index contributed by atoms with van der Waals surface area (Å²) >= 11 is 0. The van der Waals surface area contributed by atoms with Gasteiger partial charge in [0.05, 0.1) is 4.92 Å². The number of nitrogens with two attached hydrogens (primary N) is 1. The third-order valence-electron chi connectivity index (χ3n) is 1.82. The maximum atomic E-state index is 10.5. The fourth-order valence-corrected chi connectivity index (χ4v) is 1.08. The van der Waals surface area contributed by atoms with Gasteiger partial charge in [0.1, 0.15) is 5.69 Å². The third kappa shape index (κ3) is 1.94. The van der Waals surface area contributed by atoms with Crippen LogP contribution in [0.5, 0.6) is 0 Å². The molecule has 3 N–H and O–H groups in total. The molecule has 5 nitrogen and oxygen atoms in total. The highest BCUT2D eigenvalue weighted by molar-refractivity contribution is 5.61. The van der Waals surface area contributed by atoms with Crippen LogP contribution in [-0.2, 0) is 6.42 Å². The van der Waals surface area contributed by atoms with Gasteiger partial charge in [-0.15, -0.1) is 0 Å². The molecular formula is C8H11N3O2. The van der Waals surface area contributed by atoms with Gasteiger partial charge in [0.25, 0.3) is 5.69 Å². The summed E-state index contributed by atoms with van der Waals surface area (Å²) in [6.45, 7) is 1.97. The number of hydrazine groups is 1. The van der Waals surface area contributed by atoms with Crippen molar-refractivity contribution in [2.45, 2.75) is 13.3 Å². The number of nitro groups is 1. The highest BCUT2D eigenvalue weighted by Gasteiger charge is 2.11. The molecule has 0 fully saturated rings. The molecule has 0 aliphatic heterocycles. The second kappa shape index (κ2) is 3.86. The van der Waals surface area contributed by atoms with Crippen molar-refractivity contribution in [3.05, 3.63) is 33.9 Å². The van der Waals surface area contributed by atoms with Crippen molar-refractivity contribution < 1.29 is 4.92 Å². The van der Waals surface area contributed by atoms with E-state index in [9.17, 15) is 10.1 Å². The van der Waals surface area contributed by atoms with E-state index in [0.29, 0.717) is 5.69 Å². The molecule has 0 unspecified atom stereocenters. The predicted octanol–water partition coefficient (Wildman–Crippen LogP) is 1.44. The van der Waals surface area contributed by atoms with Crippen LogP contribution in [0.2, 0.25) is 0 Å². The molecule has 1 rings (SSSR count). The number of hydrogen-bond acceptors (Lipinski definition) is 4. The van der Waals surface area contributed by atoms with Crippen molar-refractivity contribution in [2.24, 2.45) is 5.84 Å². The zero-order valence-electron chi connectivity index (χ0n) is 7.28. The molecule has 1 aromatic carbocycles. The number of nitrogen functional groups attached to an aromatic ring is 1. The van der Waals surface area contributed by atoms with Gasteiger partial charge in [-0.3, -0.25) is 16.0 Å². The van der Waals surface area contributed by atoms with E-state index in [4.69, 9.17) is 5.84 Å². The maximum absolute atomic E-state index is 10.5. The van der Waals surface area contributed by atoms with E-state index in [-0.39, 0.29) is 5.69 Å². The monoisotopic (exact) mass is 181 g/mol. The highest BCUT2D eigenvalue weighted by Crippen LogP contribution is 2.24. The smallest absolute Gasteiger partial charge is 0.293 e. The van der Waals surface area contributed by atoms with Crippen molar-refractivity contribution in [3.8, 4) is 0 Å². The number of rotatable bonds is 3. The van der Waals surface area contributed by atoms with Gasteiger partial charge in [-0.2, -0.15) is 0 Å². The first-order valence-electron chi connectivity index (χ1n) is 3.93. The molecule has 0 saturated heterocycles. The van der Waals surface area contributed by atoms with Gasteiger partial charge in [-0.25, -0.2) is 0 Å². The summed E-state index contributed by atoms with van der Waals surface area (Å²) in [4.78, 5) is 10.0. The fourth-order valence-electron chi connectivity index (χ4n) is 1.08. The number of hydrogen-bond donors (Lipinski definition) is 2. The molecule has 0 bridgehead atoms. The quantitative estimate of drug-likeness (QED) is 0.420. The molecule has 5 heteroatoms. The lowest BCUT2D eigenvalue weighted by Crippen LogP contribution is -2.09. The minimum Gasteiger partial charge on any atom is -0.318 e. The number of nitrogens with one attached hydrogen (secondary N) is 1. The molecule has 0 aliphatic carbocycles. The first kappa shape index (κ1) is 9.47. The molecular weight excluding hydrogens is 170 g/mol. The molecule has 13 heavy (non-hydrogen) atoms. The fraction of sp³-hybridized carbons (Fsp3) is 0.250. The highest BCUT2D eigenvalue weighted by atomic mass is 16.6. The number of aryl methyl sites for hydroxylation is 1. The minimum atomic E-state index is -0.464. The van der Waals surface area contributed by atoms with Crippen molar-refractivity contribution in [1.29, 1.82) is 0 Å². The van der Waals surface area contributed by atoms with Gasteiger partial charge >= 0.3 is 0 Å². The lowest BCUT2D eigenvalue weighted by molar-refractivity contribution is -0.384. The van der Waals surface area contributed by atoms with Gasteiger partial charge in [0.2, 0.25) is 0 Å². The van der Waals surface area contributed by atoms with Crippen LogP contribution in [-0.4, -0.2) is 4.92 Å². The molecule has 0 aromatic heterocycles.